The van der Waals surface area contributed by atoms with Gasteiger partial charge in [-0.05, 0) is 80.2 Å². The van der Waals surface area contributed by atoms with Gasteiger partial charge in [-0.2, -0.15) is 0 Å². The Morgan fingerprint density at radius 1 is 1.06 bits per heavy atom. The molecule has 3 aromatic heterocycles. The summed E-state index contributed by atoms with van der Waals surface area (Å²) >= 11 is 0. The summed E-state index contributed by atoms with van der Waals surface area (Å²) in [5.41, 5.74) is 9.15. The predicted octanol–water partition coefficient (Wildman–Crippen LogP) is 4.33. The molecule has 0 amide bonds. The number of aliphatic hydroxyl groups excluding tert-OH is 1. The van der Waals surface area contributed by atoms with E-state index in [-0.39, 0.29) is 12.1 Å². The summed E-state index contributed by atoms with van der Waals surface area (Å²) < 4.78 is 2.08. The monoisotopic (exact) mass is 442 g/mol. The van der Waals surface area contributed by atoms with Crippen molar-refractivity contribution in [2.24, 2.45) is 11.8 Å². The van der Waals surface area contributed by atoms with Crippen LogP contribution in [0, 0.1) is 11.8 Å². The first kappa shape index (κ1) is 20.4. The van der Waals surface area contributed by atoms with Gasteiger partial charge >= 0.3 is 0 Å². The predicted molar refractivity (Wildman–Crippen MR) is 131 cm³/mol. The number of aliphatic hydroxyl groups is 1. The Hall–Kier alpha value is -3.19. The van der Waals surface area contributed by atoms with Crippen LogP contribution in [0.5, 0.6) is 0 Å². The lowest BCUT2D eigenvalue weighted by Gasteiger charge is -2.17. The van der Waals surface area contributed by atoms with Crippen LogP contribution >= 0.6 is 0 Å². The fourth-order valence-electron chi connectivity index (χ4n) is 5.24. The molecular weight excluding hydrogens is 412 g/mol. The summed E-state index contributed by atoms with van der Waals surface area (Å²) in [7, 11) is 0. The first-order valence-corrected chi connectivity index (χ1v) is 12.0. The lowest BCUT2D eigenvalue weighted by molar-refractivity contribution is 0.136. The fourth-order valence-corrected chi connectivity index (χ4v) is 5.24. The van der Waals surface area contributed by atoms with Gasteiger partial charge in [0.2, 0.25) is 0 Å². The highest BCUT2D eigenvalue weighted by Crippen LogP contribution is 2.39. The van der Waals surface area contributed by atoms with Crippen LogP contribution in [0.2, 0.25) is 0 Å². The highest BCUT2D eigenvalue weighted by Gasteiger charge is 2.34. The Labute approximate surface area is 193 Å². The summed E-state index contributed by atoms with van der Waals surface area (Å²) in [5, 5.41) is 16.3. The number of aryl methyl sites for hydroxylation is 1. The molecule has 33 heavy (non-hydrogen) atoms. The number of anilines is 2. The molecule has 4 N–H and O–H groups in total. The summed E-state index contributed by atoms with van der Waals surface area (Å²) in [6, 6.07) is 12.8. The molecule has 1 aromatic carbocycles. The van der Waals surface area contributed by atoms with Gasteiger partial charge in [-0.25, -0.2) is 15.0 Å². The number of hydrogen-bond donors (Lipinski definition) is 3. The molecule has 0 saturated heterocycles. The van der Waals surface area contributed by atoms with E-state index in [1.165, 1.54) is 30.1 Å². The topological polar surface area (TPSA) is 102 Å². The van der Waals surface area contributed by atoms with Crippen molar-refractivity contribution in [2.45, 2.75) is 50.7 Å². The number of nitrogen functional groups attached to an aromatic ring is 1. The molecule has 3 atom stereocenters. The molecule has 2 fully saturated rings. The van der Waals surface area contributed by atoms with Crippen LogP contribution < -0.4 is 11.1 Å². The van der Waals surface area contributed by atoms with Gasteiger partial charge in [-0.1, -0.05) is 12.1 Å². The molecule has 2 aliphatic rings. The Kier molecular flexibility index (Phi) is 5.14. The highest BCUT2D eigenvalue weighted by molar-refractivity contribution is 5.86. The van der Waals surface area contributed by atoms with Crippen molar-refractivity contribution < 1.29 is 5.11 Å². The maximum Gasteiger partial charge on any atom is 0.145 e. The van der Waals surface area contributed by atoms with Crippen LogP contribution in [0.3, 0.4) is 0 Å². The van der Waals surface area contributed by atoms with Crippen molar-refractivity contribution >= 4 is 33.6 Å². The van der Waals surface area contributed by atoms with Crippen molar-refractivity contribution in [2.75, 3.05) is 17.6 Å². The third kappa shape index (κ3) is 4.13. The Morgan fingerprint density at radius 3 is 2.82 bits per heavy atom. The van der Waals surface area contributed by atoms with Crippen molar-refractivity contribution in [3.63, 3.8) is 0 Å². The molecule has 6 rings (SSSR count). The van der Waals surface area contributed by atoms with Crippen LogP contribution in [0.25, 0.3) is 21.9 Å². The molecule has 3 heterocycles. The van der Waals surface area contributed by atoms with Gasteiger partial charge in [-0.3, -0.25) is 0 Å². The van der Waals surface area contributed by atoms with Crippen molar-refractivity contribution in [3.8, 4) is 0 Å². The minimum Gasteiger partial charge on any atom is -0.391 e. The molecule has 0 spiro atoms. The van der Waals surface area contributed by atoms with Crippen molar-refractivity contribution in [1.82, 2.24) is 19.5 Å². The van der Waals surface area contributed by atoms with E-state index in [0.717, 1.165) is 60.5 Å². The van der Waals surface area contributed by atoms with Gasteiger partial charge in [0.25, 0.3) is 0 Å². The number of pyridine rings is 1. The Morgan fingerprint density at radius 2 is 1.94 bits per heavy atom. The van der Waals surface area contributed by atoms with Crippen molar-refractivity contribution in [1.29, 1.82) is 0 Å². The van der Waals surface area contributed by atoms with E-state index in [9.17, 15) is 5.11 Å². The fraction of sp³-hybridized carbons (Fsp3) is 0.423. The van der Waals surface area contributed by atoms with Gasteiger partial charge in [0.1, 0.15) is 23.6 Å². The molecule has 0 bridgehead atoms. The number of nitrogens with two attached hydrogens (primary N) is 1. The molecule has 7 nitrogen and oxygen atoms in total. The largest absolute Gasteiger partial charge is 0.391 e. The van der Waals surface area contributed by atoms with E-state index in [1.807, 2.05) is 12.3 Å². The zero-order chi connectivity index (χ0) is 22.4. The van der Waals surface area contributed by atoms with Crippen molar-refractivity contribution in [3.05, 3.63) is 54.5 Å². The molecule has 0 radical (unpaired) electrons. The van der Waals surface area contributed by atoms with E-state index >= 15 is 0 Å². The van der Waals surface area contributed by atoms with Crippen LogP contribution in [0.15, 0.2) is 48.9 Å². The molecular formula is C26H30N6O. The number of fused-ring (bicyclic) bond motifs is 2. The molecule has 3 unspecified atom stereocenters. The maximum atomic E-state index is 10.8. The lowest BCUT2D eigenvalue weighted by atomic mass is 9.97. The number of benzene rings is 1. The van der Waals surface area contributed by atoms with E-state index in [0.29, 0.717) is 11.7 Å². The van der Waals surface area contributed by atoms with Gasteiger partial charge in [0.05, 0.1) is 23.0 Å². The number of nitrogens with one attached hydrogen (secondary N) is 1. The molecule has 4 aromatic rings. The van der Waals surface area contributed by atoms with Crippen LogP contribution in [-0.4, -0.2) is 37.3 Å². The van der Waals surface area contributed by atoms with Crippen LogP contribution in [-0.2, 0) is 6.42 Å². The third-order valence-electron chi connectivity index (χ3n) is 7.36. The van der Waals surface area contributed by atoms with E-state index in [4.69, 9.17) is 10.7 Å². The smallest absolute Gasteiger partial charge is 0.145 e. The number of aromatic nitrogens is 4. The number of hydrogen-bond acceptors (Lipinski definition) is 6. The molecule has 2 saturated carbocycles. The Bertz CT molecular complexity index is 1300. The second-order valence-corrected chi connectivity index (χ2v) is 9.78. The van der Waals surface area contributed by atoms with Gasteiger partial charge in [-0.15, -0.1) is 0 Å². The highest BCUT2D eigenvalue weighted by atomic mass is 16.3. The minimum absolute atomic E-state index is 0.0279. The average Bonchev–Trinajstić information content (AvgIpc) is 3.44. The lowest BCUT2D eigenvalue weighted by Crippen LogP contribution is -2.17. The van der Waals surface area contributed by atoms with Gasteiger partial charge in [0, 0.05) is 18.1 Å². The number of rotatable bonds is 7. The molecule has 170 valence electrons. The normalized spacial score (nSPS) is 22.9. The first-order chi connectivity index (χ1) is 16.1. The molecule has 2 aliphatic carbocycles. The number of nitrogens with zero attached hydrogens (tertiary/aromatic N) is 4. The molecule has 0 aliphatic heterocycles. The van der Waals surface area contributed by atoms with Crippen LogP contribution in [0.1, 0.15) is 43.7 Å². The van der Waals surface area contributed by atoms with Gasteiger partial charge in [0.15, 0.2) is 0 Å². The van der Waals surface area contributed by atoms with Crippen LogP contribution in [0.4, 0.5) is 11.6 Å². The second kappa shape index (κ2) is 8.30. The average molecular weight is 443 g/mol. The van der Waals surface area contributed by atoms with E-state index in [1.54, 1.807) is 0 Å². The van der Waals surface area contributed by atoms with E-state index in [2.05, 4.69) is 50.2 Å². The zero-order valence-corrected chi connectivity index (χ0v) is 18.7. The summed E-state index contributed by atoms with van der Waals surface area (Å²) in [4.78, 5) is 13.3. The quantitative estimate of drug-likeness (QED) is 0.394. The minimum atomic E-state index is -0.375. The summed E-state index contributed by atoms with van der Waals surface area (Å²) in [6.07, 6.45) is 9.57. The third-order valence-corrected chi connectivity index (χ3v) is 7.36. The zero-order valence-electron chi connectivity index (χ0n) is 18.7. The second-order valence-electron chi connectivity index (χ2n) is 9.78. The summed E-state index contributed by atoms with van der Waals surface area (Å²) in [6.45, 7) is 1.03. The first-order valence-electron chi connectivity index (χ1n) is 12.0. The summed E-state index contributed by atoms with van der Waals surface area (Å²) in [5.74, 6) is 2.75. The maximum absolute atomic E-state index is 10.8. The van der Waals surface area contributed by atoms with Gasteiger partial charge < -0.3 is 20.7 Å². The Balaban J connectivity index is 1.13. The van der Waals surface area contributed by atoms with E-state index < -0.39 is 0 Å². The standard InChI is InChI=1S/C26H30N6O/c27-25-20-9-10-32(26(20)30-15-29-25)22-12-18(13-23(22)33)4-1-16-5-6-19-7-8-24(31-21(19)11-16)28-14-17-2-3-17/h5-11,15,17-18,22-23,33H,1-4,12-14H2,(H,28,31)(H2,27,29,30). The SMILES string of the molecule is Nc1ncnc2c1ccn2C1CC(CCc2ccc3ccc(NCC4CC4)nc3c2)CC1O. The molecule has 7 heteroatoms.